The summed E-state index contributed by atoms with van der Waals surface area (Å²) < 4.78 is 5.18. The summed E-state index contributed by atoms with van der Waals surface area (Å²) >= 11 is 6.02. The second kappa shape index (κ2) is 11.8. The van der Waals surface area contributed by atoms with Gasteiger partial charge in [0.25, 0.3) is 0 Å². The minimum absolute atomic E-state index is 0. The van der Waals surface area contributed by atoms with E-state index in [-0.39, 0.29) is 35.5 Å². The molecule has 0 aliphatic heterocycles. The van der Waals surface area contributed by atoms with Crippen LogP contribution in [0.3, 0.4) is 0 Å². The summed E-state index contributed by atoms with van der Waals surface area (Å²) in [7, 11) is 0. The van der Waals surface area contributed by atoms with Crippen molar-refractivity contribution in [2.24, 2.45) is 0 Å². The molecule has 0 N–H and O–H groups in total. The normalized spacial score (nSPS) is 11.5. The number of unbranched alkanes of at least 4 members (excludes halogenated alkanes) is 4. The molecule has 0 saturated carbocycles. The van der Waals surface area contributed by atoms with Gasteiger partial charge in [-0.15, -0.1) is 11.6 Å². The number of carbonyl (C=O) groups excluding carboxylic acids is 1. The molecule has 19 heavy (non-hydrogen) atoms. The molecular formula is C15H22ClNaO2. The van der Waals surface area contributed by atoms with Crippen molar-refractivity contribution in [2.75, 3.05) is 0 Å². The van der Waals surface area contributed by atoms with E-state index in [1.807, 2.05) is 18.2 Å². The molecule has 102 valence electrons. The van der Waals surface area contributed by atoms with E-state index in [2.05, 4.69) is 6.92 Å². The molecule has 0 fully saturated rings. The summed E-state index contributed by atoms with van der Waals surface area (Å²) in [5.74, 6) is 0.206. The van der Waals surface area contributed by atoms with Gasteiger partial charge in [0.15, 0.2) is 0 Å². The van der Waals surface area contributed by atoms with Crippen LogP contribution in [-0.2, 0) is 4.79 Å². The van der Waals surface area contributed by atoms with E-state index in [9.17, 15) is 4.79 Å². The third-order valence-corrected chi connectivity index (χ3v) is 3.17. The van der Waals surface area contributed by atoms with Crippen LogP contribution in [0, 0.1) is 0 Å². The van der Waals surface area contributed by atoms with Crippen molar-refractivity contribution in [1.29, 1.82) is 0 Å². The molecule has 0 aromatic heterocycles. The van der Waals surface area contributed by atoms with E-state index in [4.69, 9.17) is 16.3 Å². The molecular weight excluding hydrogens is 271 g/mol. The summed E-state index contributed by atoms with van der Waals surface area (Å²) in [6.45, 7) is 2.18. The molecule has 0 saturated heterocycles. The number of hydrogen-bond acceptors (Lipinski definition) is 2. The van der Waals surface area contributed by atoms with E-state index in [1.165, 1.54) is 19.3 Å². The van der Waals surface area contributed by atoms with Gasteiger partial charge in [-0.25, -0.2) is 0 Å². The topological polar surface area (TPSA) is 26.3 Å². The van der Waals surface area contributed by atoms with Gasteiger partial charge in [0, 0.05) is 0 Å². The molecule has 0 radical (unpaired) electrons. The Hall–Kier alpha value is -0.0200. The molecule has 0 spiro atoms. The van der Waals surface area contributed by atoms with Crippen LogP contribution >= 0.6 is 11.6 Å². The number of rotatable bonds is 8. The second-order valence-corrected chi connectivity index (χ2v) is 4.93. The van der Waals surface area contributed by atoms with Gasteiger partial charge < -0.3 is 4.74 Å². The van der Waals surface area contributed by atoms with Crippen molar-refractivity contribution < 1.29 is 9.53 Å². The molecule has 0 bridgehead atoms. The van der Waals surface area contributed by atoms with E-state index in [1.54, 1.807) is 12.1 Å². The van der Waals surface area contributed by atoms with Crippen molar-refractivity contribution >= 4 is 47.1 Å². The SMILES string of the molecule is CCCCCCCC(Cl)C(=O)Oc1ccccc1.[NaH]. The number of hydrogen-bond donors (Lipinski definition) is 0. The van der Waals surface area contributed by atoms with Gasteiger partial charge in [-0.1, -0.05) is 57.2 Å². The third-order valence-electron chi connectivity index (χ3n) is 2.78. The standard InChI is InChI=1S/C15H21ClO2.Na.H/c1-2-3-4-5-9-12-14(16)15(17)18-13-10-7-6-8-11-13;;/h6-8,10-11,14H,2-5,9,12H2,1H3;;. The Balaban J connectivity index is 0.00000324. The Morgan fingerprint density at radius 3 is 2.42 bits per heavy atom. The molecule has 4 heteroatoms. The minimum atomic E-state index is -0.535. The number of halogens is 1. The average Bonchev–Trinajstić information content (AvgIpc) is 2.39. The van der Waals surface area contributed by atoms with Gasteiger partial charge in [-0.3, -0.25) is 4.79 Å². The Labute approximate surface area is 143 Å². The number of ether oxygens (including phenoxy) is 1. The summed E-state index contributed by atoms with van der Waals surface area (Å²) in [6, 6.07) is 9.04. The van der Waals surface area contributed by atoms with Crippen LogP contribution in [-0.4, -0.2) is 40.9 Å². The molecule has 0 heterocycles. The number of alkyl halides is 1. The zero-order valence-electron chi connectivity index (χ0n) is 10.9. The Morgan fingerprint density at radius 1 is 1.16 bits per heavy atom. The predicted octanol–water partition coefficient (Wildman–Crippen LogP) is 3.91. The number of benzene rings is 1. The van der Waals surface area contributed by atoms with Crippen LogP contribution in [0.5, 0.6) is 5.75 Å². The van der Waals surface area contributed by atoms with Crippen molar-refractivity contribution in [3.05, 3.63) is 30.3 Å². The first-order chi connectivity index (χ1) is 8.74. The van der Waals surface area contributed by atoms with Gasteiger partial charge in [0.2, 0.25) is 0 Å². The molecule has 1 aromatic rings. The fourth-order valence-electron chi connectivity index (χ4n) is 1.71. The Bertz CT molecular complexity index is 343. The van der Waals surface area contributed by atoms with Crippen LogP contribution in [0.2, 0.25) is 0 Å². The molecule has 2 nitrogen and oxygen atoms in total. The number of para-hydroxylation sites is 1. The molecule has 0 aliphatic carbocycles. The van der Waals surface area contributed by atoms with Gasteiger partial charge in [-0.05, 0) is 18.6 Å². The molecule has 1 aromatic carbocycles. The predicted molar refractivity (Wildman–Crippen MR) is 82.2 cm³/mol. The molecule has 0 amide bonds. The van der Waals surface area contributed by atoms with Crippen molar-refractivity contribution in [3.8, 4) is 5.75 Å². The van der Waals surface area contributed by atoms with Gasteiger partial charge in [-0.2, -0.15) is 0 Å². The van der Waals surface area contributed by atoms with E-state index in [0.29, 0.717) is 12.2 Å². The summed E-state index contributed by atoms with van der Waals surface area (Å²) in [4.78, 5) is 11.7. The first kappa shape index (κ1) is 19.0. The van der Waals surface area contributed by atoms with Crippen LogP contribution in [0.15, 0.2) is 30.3 Å². The monoisotopic (exact) mass is 292 g/mol. The summed E-state index contributed by atoms with van der Waals surface area (Å²) in [5, 5.41) is -0.535. The van der Waals surface area contributed by atoms with Crippen molar-refractivity contribution in [3.63, 3.8) is 0 Å². The molecule has 1 atom stereocenters. The van der Waals surface area contributed by atoms with Crippen LogP contribution in [0.25, 0.3) is 0 Å². The van der Waals surface area contributed by atoms with Gasteiger partial charge in [0.05, 0.1) is 0 Å². The fraction of sp³-hybridized carbons (Fsp3) is 0.533. The van der Waals surface area contributed by atoms with Gasteiger partial charge in [0.1, 0.15) is 11.1 Å². The van der Waals surface area contributed by atoms with Crippen LogP contribution in [0.4, 0.5) is 0 Å². The fourth-order valence-corrected chi connectivity index (χ4v) is 1.91. The Kier molecular flexibility index (Phi) is 11.8. The van der Waals surface area contributed by atoms with E-state index < -0.39 is 5.38 Å². The number of esters is 1. The first-order valence-corrected chi connectivity index (χ1v) is 7.08. The quantitative estimate of drug-likeness (QED) is 0.239. The van der Waals surface area contributed by atoms with Crippen molar-refractivity contribution in [1.82, 2.24) is 0 Å². The maximum atomic E-state index is 11.7. The Morgan fingerprint density at radius 2 is 1.79 bits per heavy atom. The molecule has 1 unspecified atom stereocenters. The van der Waals surface area contributed by atoms with Crippen LogP contribution in [0.1, 0.15) is 45.4 Å². The summed E-state index contributed by atoms with van der Waals surface area (Å²) in [6.07, 6.45) is 6.50. The molecule has 0 aliphatic rings. The van der Waals surface area contributed by atoms with E-state index in [0.717, 1.165) is 12.8 Å². The van der Waals surface area contributed by atoms with Crippen LogP contribution < -0.4 is 4.74 Å². The zero-order valence-corrected chi connectivity index (χ0v) is 11.7. The third kappa shape index (κ3) is 8.69. The van der Waals surface area contributed by atoms with E-state index >= 15 is 0 Å². The zero-order chi connectivity index (χ0) is 13.2. The van der Waals surface area contributed by atoms with Gasteiger partial charge >= 0.3 is 35.5 Å². The molecule has 1 rings (SSSR count). The first-order valence-electron chi connectivity index (χ1n) is 6.65. The maximum absolute atomic E-state index is 11.7. The summed E-state index contributed by atoms with van der Waals surface area (Å²) in [5.41, 5.74) is 0. The average molecular weight is 293 g/mol. The number of carbonyl (C=O) groups is 1. The van der Waals surface area contributed by atoms with Crippen molar-refractivity contribution in [2.45, 2.75) is 50.8 Å². The second-order valence-electron chi connectivity index (χ2n) is 4.40.